The van der Waals surface area contributed by atoms with Gasteiger partial charge in [0, 0.05) is 6.42 Å². The molecule has 2 rings (SSSR count). The van der Waals surface area contributed by atoms with Crippen LogP contribution >= 0.6 is 0 Å². The number of benzene rings is 2. The van der Waals surface area contributed by atoms with Crippen molar-refractivity contribution in [2.75, 3.05) is 14.2 Å². The van der Waals surface area contributed by atoms with Crippen LogP contribution in [-0.4, -0.2) is 31.9 Å². The summed E-state index contributed by atoms with van der Waals surface area (Å²) in [6, 6.07) is 15.4. The van der Waals surface area contributed by atoms with E-state index in [4.69, 9.17) is 9.57 Å². The second kappa shape index (κ2) is 10.6. The van der Waals surface area contributed by atoms with Gasteiger partial charge < -0.3 is 14.3 Å². The van der Waals surface area contributed by atoms with Crippen LogP contribution in [0.5, 0.6) is 0 Å². The largest absolute Gasteiger partial charge is 0.469 e. The highest BCUT2D eigenvalue weighted by atomic mass is 16.6. The summed E-state index contributed by atoms with van der Waals surface area (Å²) in [5.41, 5.74) is 4.14. The Kier molecular flexibility index (Phi) is 8.16. The van der Waals surface area contributed by atoms with Gasteiger partial charge in [0.05, 0.1) is 20.6 Å². The summed E-state index contributed by atoms with van der Waals surface area (Å²) in [6.45, 7) is 6.65. The topological polar surface area (TPSA) is 74.2 Å². The molecule has 0 fully saturated rings. The standard InChI is InChI=1S/C24H29NO5/c1-24(2,3)20-12-10-17(11-13-20)14-21(23(27)29-5)25-30-16-19-8-6-18(7-9-19)15-22(26)28-4/h6-13H,14-16H2,1-5H3/b25-21-. The van der Waals surface area contributed by atoms with Gasteiger partial charge in [-0.15, -0.1) is 0 Å². The molecule has 0 heterocycles. The Labute approximate surface area is 177 Å². The third-order valence-corrected chi connectivity index (χ3v) is 4.62. The zero-order chi connectivity index (χ0) is 22.1. The number of nitrogens with zero attached hydrogens (tertiary/aromatic N) is 1. The lowest BCUT2D eigenvalue weighted by Crippen LogP contribution is -2.19. The molecule has 0 radical (unpaired) electrons. The van der Waals surface area contributed by atoms with Gasteiger partial charge in [0.15, 0.2) is 5.71 Å². The first-order valence-corrected chi connectivity index (χ1v) is 9.74. The van der Waals surface area contributed by atoms with E-state index in [1.807, 2.05) is 36.4 Å². The van der Waals surface area contributed by atoms with E-state index in [-0.39, 0.29) is 30.1 Å². The molecule has 30 heavy (non-hydrogen) atoms. The third-order valence-electron chi connectivity index (χ3n) is 4.62. The maximum absolute atomic E-state index is 12.1. The van der Waals surface area contributed by atoms with Gasteiger partial charge in [-0.2, -0.15) is 0 Å². The Morgan fingerprint density at radius 1 is 0.800 bits per heavy atom. The van der Waals surface area contributed by atoms with E-state index in [9.17, 15) is 9.59 Å². The van der Waals surface area contributed by atoms with E-state index in [0.717, 1.165) is 16.7 Å². The van der Waals surface area contributed by atoms with Gasteiger partial charge in [-0.25, -0.2) is 4.79 Å². The first-order valence-electron chi connectivity index (χ1n) is 9.74. The second-order valence-corrected chi connectivity index (χ2v) is 8.00. The van der Waals surface area contributed by atoms with Crippen molar-refractivity contribution in [3.05, 3.63) is 70.8 Å². The van der Waals surface area contributed by atoms with Gasteiger partial charge in [-0.3, -0.25) is 4.79 Å². The Morgan fingerprint density at radius 3 is 1.87 bits per heavy atom. The number of carbonyl (C=O) groups excluding carboxylic acids is 2. The fourth-order valence-electron chi connectivity index (χ4n) is 2.75. The molecule has 0 aliphatic carbocycles. The number of hydrogen-bond donors (Lipinski definition) is 0. The highest BCUT2D eigenvalue weighted by Crippen LogP contribution is 2.22. The quantitative estimate of drug-likeness (QED) is 0.373. The van der Waals surface area contributed by atoms with E-state index in [1.165, 1.54) is 19.8 Å². The average molecular weight is 411 g/mol. The number of ether oxygens (including phenoxy) is 2. The molecule has 0 aromatic heterocycles. The molecule has 6 nitrogen and oxygen atoms in total. The number of esters is 2. The molecule has 160 valence electrons. The molecular weight excluding hydrogens is 382 g/mol. The van der Waals surface area contributed by atoms with Crippen molar-refractivity contribution in [2.24, 2.45) is 5.16 Å². The van der Waals surface area contributed by atoms with Crippen LogP contribution in [0.3, 0.4) is 0 Å². The minimum atomic E-state index is -0.525. The van der Waals surface area contributed by atoms with Gasteiger partial charge >= 0.3 is 11.9 Å². The van der Waals surface area contributed by atoms with E-state index in [0.29, 0.717) is 6.42 Å². The Bertz CT molecular complexity index is 877. The van der Waals surface area contributed by atoms with Gasteiger partial charge in [-0.05, 0) is 27.7 Å². The fraction of sp³-hybridized carbons (Fsp3) is 0.375. The maximum Gasteiger partial charge on any atom is 0.356 e. The zero-order valence-electron chi connectivity index (χ0n) is 18.2. The van der Waals surface area contributed by atoms with Crippen LogP contribution in [0.15, 0.2) is 53.7 Å². The predicted octanol–water partition coefficient (Wildman–Crippen LogP) is 3.99. The molecule has 0 saturated heterocycles. The third kappa shape index (κ3) is 7.03. The van der Waals surface area contributed by atoms with Crippen LogP contribution in [0.2, 0.25) is 0 Å². The minimum absolute atomic E-state index is 0.0628. The highest BCUT2D eigenvalue weighted by Gasteiger charge is 2.16. The summed E-state index contributed by atoms with van der Waals surface area (Å²) in [5.74, 6) is -0.815. The van der Waals surface area contributed by atoms with Crippen molar-refractivity contribution >= 4 is 17.7 Å². The molecule has 0 bridgehead atoms. The van der Waals surface area contributed by atoms with Crippen LogP contribution in [0.25, 0.3) is 0 Å². The molecule has 0 spiro atoms. The Balaban J connectivity index is 2.01. The monoisotopic (exact) mass is 411 g/mol. The van der Waals surface area contributed by atoms with Crippen LogP contribution in [-0.2, 0) is 48.8 Å². The van der Waals surface area contributed by atoms with E-state index in [1.54, 1.807) is 0 Å². The first kappa shape index (κ1) is 23.1. The number of oxime groups is 1. The summed E-state index contributed by atoms with van der Waals surface area (Å²) in [5, 5.41) is 4.01. The van der Waals surface area contributed by atoms with Gasteiger partial charge in [0.25, 0.3) is 0 Å². The van der Waals surface area contributed by atoms with Gasteiger partial charge in [0.2, 0.25) is 0 Å². The van der Waals surface area contributed by atoms with Crippen molar-refractivity contribution in [1.29, 1.82) is 0 Å². The fourth-order valence-corrected chi connectivity index (χ4v) is 2.75. The van der Waals surface area contributed by atoms with Crippen molar-refractivity contribution in [1.82, 2.24) is 0 Å². The highest BCUT2D eigenvalue weighted by molar-refractivity contribution is 6.36. The molecule has 0 atom stereocenters. The smallest absolute Gasteiger partial charge is 0.356 e. The van der Waals surface area contributed by atoms with E-state index < -0.39 is 5.97 Å². The van der Waals surface area contributed by atoms with Crippen molar-refractivity contribution in [3.63, 3.8) is 0 Å². The Hall–Kier alpha value is -3.15. The molecule has 0 saturated carbocycles. The van der Waals surface area contributed by atoms with Crippen LogP contribution in [0.1, 0.15) is 43.0 Å². The number of rotatable bonds is 8. The average Bonchev–Trinajstić information content (AvgIpc) is 2.73. The molecule has 0 unspecified atom stereocenters. The maximum atomic E-state index is 12.1. The normalized spacial score (nSPS) is 11.7. The molecule has 2 aromatic carbocycles. The summed E-state index contributed by atoms with van der Waals surface area (Å²) < 4.78 is 9.49. The lowest BCUT2D eigenvalue weighted by Gasteiger charge is -2.19. The molecule has 0 N–H and O–H groups in total. The Morgan fingerprint density at radius 2 is 1.33 bits per heavy atom. The number of hydrogen-bond acceptors (Lipinski definition) is 6. The van der Waals surface area contributed by atoms with E-state index >= 15 is 0 Å². The molecule has 0 amide bonds. The minimum Gasteiger partial charge on any atom is -0.469 e. The van der Waals surface area contributed by atoms with Gasteiger partial charge in [-0.1, -0.05) is 74.5 Å². The van der Waals surface area contributed by atoms with Crippen molar-refractivity contribution in [3.8, 4) is 0 Å². The summed E-state index contributed by atoms with van der Waals surface area (Å²) in [7, 11) is 2.68. The lowest BCUT2D eigenvalue weighted by molar-refractivity contribution is -0.139. The summed E-state index contributed by atoms with van der Waals surface area (Å²) in [6.07, 6.45) is 0.533. The molecule has 0 aliphatic rings. The lowest BCUT2D eigenvalue weighted by atomic mass is 9.86. The van der Waals surface area contributed by atoms with Gasteiger partial charge in [0.1, 0.15) is 6.61 Å². The molecule has 6 heteroatoms. The summed E-state index contributed by atoms with van der Waals surface area (Å²) in [4.78, 5) is 28.8. The number of carbonyl (C=O) groups is 2. The van der Waals surface area contributed by atoms with Crippen molar-refractivity contribution < 1.29 is 23.9 Å². The SMILES string of the molecule is COC(=O)Cc1ccc(CO/N=C(/Cc2ccc(C(C)(C)C)cc2)C(=O)OC)cc1. The first-order chi connectivity index (χ1) is 14.2. The molecule has 0 aliphatic heterocycles. The van der Waals surface area contributed by atoms with Crippen molar-refractivity contribution in [2.45, 2.75) is 45.6 Å². The predicted molar refractivity (Wildman–Crippen MR) is 115 cm³/mol. The summed E-state index contributed by atoms with van der Waals surface area (Å²) >= 11 is 0. The van der Waals surface area contributed by atoms with Crippen LogP contribution in [0, 0.1) is 0 Å². The van der Waals surface area contributed by atoms with Crippen LogP contribution < -0.4 is 0 Å². The molecular formula is C24H29NO5. The molecule has 2 aromatic rings. The second-order valence-electron chi connectivity index (χ2n) is 8.00. The number of methoxy groups -OCH3 is 2. The van der Waals surface area contributed by atoms with E-state index in [2.05, 4.69) is 42.8 Å². The zero-order valence-corrected chi connectivity index (χ0v) is 18.2. The van der Waals surface area contributed by atoms with Crippen LogP contribution in [0.4, 0.5) is 0 Å².